The van der Waals surface area contributed by atoms with Crippen LogP contribution in [-0.4, -0.2) is 29.5 Å². The molecular formula is C22H23F2N3O3. The van der Waals surface area contributed by atoms with Gasteiger partial charge >= 0.3 is 6.61 Å². The number of H-pyrrole nitrogens is 1. The van der Waals surface area contributed by atoms with Crippen LogP contribution in [0.3, 0.4) is 0 Å². The summed E-state index contributed by atoms with van der Waals surface area (Å²) < 4.78 is 29.3. The van der Waals surface area contributed by atoms with E-state index in [1.165, 1.54) is 19.1 Å². The molecular weight excluding hydrogens is 392 g/mol. The number of alkyl halides is 2. The van der Waals surface area contributed by atoms with Crippen molar-refractivity contribution >= 4 is 22.7 Å². The number of hydrogen-bond acceptors (Lipinski definition) is 3. The van der Waals surface area contributed by atoms with Gasteiger partial charge in [-0.05, 0) is 36.2 Å². The lowest BCUT2D eigenvalue weighted by molar-refractivity contribution is -0.128. The Balaban J connectivity index is 1.74. The van der Waals surface area contributed by atoms with Crippen molar-refractivity contribution in [3.8, 4) is 5.75 Å². The first-order chi connectivity index (χ1) is 14.3. The normalized spacial score (nSPS) is 13.1. The first kappa shape index (κ1) is 21.3. The number of halogens is 2. The van der Waals surface area contributed by atoms with Crippen molar-refractivity contribution in [3.05, 3.63) is 65.9 Å². The number of aromatic amines is 1. The van der Waals surface area contributed by atoms with Gasteiger partial charge in [-0.25, -0.2) is 0 Å². The molecule has 1 aromatic heterocycles. The van der Waals surface area contributed by atoms with Crippen molar-refractivity contribution in [2.75, 3.05) is 0 Å². The molecule has 3 aromatic rings. The fraction of sp³-hybridized carbons (Fsp3) is 0.273. The lowest BCUT2D eigenvalue weighted by Crippen LogP contribution is -2.47. The highest BCUT2D eigenvalue weighted by atomic mass is 19.3. The van der Waals surface area contributed by atoms with Gasteiger partial charge in [-0.3, -0.25) is 9.59 Å². The molecule has 2 amide bonds. The van der Waals surface area contributed by atoms with Gasteiger partial charge in [-0.15, -0.1) is 0 Å². The SMILES string of the molecule is CC(=O)NC(Cc1c[nH]c2ccccc12)C(=O)NC(C)c1cccc(OC(F)F)c1. The average molecular weight is 415 g/mol. The second-order valence-corrected chi connectivity index (χ2v) is 7.00. The number of rotatable bonds is 8. The summed E-state index contributed by atoms with van der Waals surface area (Å²) in [6, 6.07) is 12.6. The second-order valence-electron chi connectivity index (χ2n) is 7.00. The van der Waals surface area contributed by atoms with Gasteiger partial charge in [-0.1, -0.05) is 30.3 Å². The fourth-order valence-electron chi connectivity index (χ4n) is 3.33. The Kier molecular flexibility index (Phi) is 6.66. The summed E-state index contributed by atoms with van der Waals surface area (Å²) in [7, 11) is 0. The first-order valence-electron chi connectivity index (χ1n) is 9.50. The number of ether oxygens (including phenoxy) is 1. The Morgan fingerprint density at radius 2 is 1.87 bits per heavy atom. The lowest BCUT2D eigenvalue weighted by atomic mass is 10.0. The zero-order valence-corrected chi connectivity index (χ0v) is 16.6. The molecule has 0 saturated heterocycles. The highest BCUT2D eigenvalue weighted by Gasteiger charge is 2.23. The molecule has 2 aromatic carbocycles. The van der Waals surface area contributed by atoms with Gasteiger partial charge in [0.2, 0.25) is 11.8 Å². The molecule has 6 nitrogen and oxygen atoms in total. The van der Waals surface area contributed by atoms with Crippen LogP contribution in [0.2, 0.25) is 0 Å². The molecule has 0 radical (unpaired) electrons. The van der Waals surface area contributed by atoms with E-state index < -0.39 is 18.7 Å². The molecule has 1 heterocycles. The maximum Gasteiger partial charge on any atom is 0.387 e. The molecule has 3 rings (SSSR count). The Labute approximate surface area is 172 Å². The van der Waals surface area contributed by atoms with E-state index >= 15 is 0 Å². The third-order valence-corrected chi connectivity index (χ3v) is 4.73. The number of aromatic nitrogens is 1. The maximum absolute atomic E-state index is 12.9. The minimum atomic E-state index is -2.93. The Morgan fingerprint density at radius 3 is 2.60 bits per heavy atom. The van der Waals surface area contributed by atoms with Crippen LogP contribution in [-0.2, 0) is 16.0 Å². The third-order valence-electron chi connectivity index (χ3n) is 4.73. The van der Waals surface area contributed by atoms with Crippen LogP contribution in [0, 0.1) is 0 Å². The van der Waals surface area contributed by atoms with Gasteiger partial charge in [0.05, 0.1) is 6.04 Å². The monoisotopic (exact) mass is 415 g/mol. The van der Waals surface area contributed by atoms with E-state index in [0.717, 1.165) is 16.5 Å². The molecule has 0 spiro atoms. The number of amides is 2. The molecule has 8 heteroatoms. The molecule has 0 saturated carbocycles. The van der Waals surface area contributed by atoms with Gasteiger partial charge in [-0.2, -0.15) is 8.78 Å². The Morgan fingerprint density at radius 1 is 1.10 bits per heavy atom. The Bertz CT molecular complexity index is 1040. The summed E-state index contributed by atoms with van der Waals surface area (Å²) in [6.45, 7) is 0.158. The smallest absolute Gasteiger partial charge is 0.387 e. The van der Waals surface area contributed by atoms with Crippen molar-refractivity contribution in [3.63, 3.8) is 0 Å². The second kappa shape index (κ2) is 9.39. The number of para-hydroxylation sites is 1. The van der Waals surface area contributed by atoms with E-state index in [1.54, 1.807) is 19.1 Å². The van der Waals surface area contributed by atoms with Crippen molar-refractivity contribution in [1.82, 2.24) is 15.6 Å². The molecule has 158 valence electrons. The van der Waals surface area contributed by atoms with Crippen LogP contribution >= 0.6 is 0 Å². The summed E-state index contributed by atoms with van der Waals surface area (Å²) in [4.78, 5) is 27.7. The molecule has 2 unspecified atom stereocenters. The van der Waals surface area contributed by atoms with E-state index in [1.807, 2.05) is 30.5 Å². The maximum atomic E-state index is 12.9. The summed E-state index contributed by atoms with van der Waals surface area (Å²) in [6.07, 6.45) is 2.12. The number of benzene rings is 2. The van der Waals surface area contributed by atoms with Crippen LogP contribution in [0.5, 0.6) is 5.75 Å². The van der Waals surface area contributed by atoms with Crippen LogP contribution in [0.25, 0.3) is 10.9 Å². The number of carbonyl (C=O) groups is 2. The molecule has 0 aliphatic carbocycles. The minimum absolute atomic E-state index is 0.0146. The van der Waals surface area contributed by atoms with Gasteiger partial charge in [0.1, 0.15) is 11.8 Å². The predicted octanol–water partition coefficient (Wildman–Crippen LogP) is 3.69. The molecule has 2 atom stereocenters. The first-order valence-corrected chi connectivity index (χ1v) is 9.50. The number of fused-ring (bicyclic) bond motifs is 1. The average Bonchev–Trinajstić information content (AvgIpc) is 3.10. The zero-order valence-electron chi connectivity index (χ0n) is 16.6. The molecule has 0 aliphatic rings. The molecule has 0 fully saturated rings. The van der Waals surface area contributed by atoms with E-state index in [9.17, 15) is 18.4 Å². The molecule has 30 heavy (non-hydrogen) atoms. The standard InChI is InChI=1S/C22H23F2N3O3/c1-13(15-6-5-7-17(10-15)30-22(23)24)26-21(29)20(27-14(2)28)11-16-12-25-19-9-4-3-8-18(16)19/h3-10,12-13,20,22,25H,11H2,1-2H3,(H,26,29)(H,27,28). The quantitative estimate of drug-likeness (QED) is 0.525. The van der Waals surface area contributed by atoms with Gasteiger partial charge in [0.15, 0.2) is 0 Å². The predicted molar refractivity (Wildman–Crippen MR) is 109 cm³/mol. The van der Waals surface area contributed by atoms with E-state index in [0.29, 0.717) is 12.0 Å². The minimum Gasteiger partial charge on any atom is -0.435 e. The van der Waals surface area contributed by atoms with Crippen LogP contribution < -0.4 is 15.4 Å². The van der Waals surface area contributed by atoms with Gasteiger partial charge in [0, 0.05) is 30.4 Å². The lowest BCUT2D eigenvalue weighted by Gasteiger charge is -2.21. The Hall–Kier alpha value is -3.42. The molecule has 3 N–H and O–H groups in total. The summed E-state index contributed by atoms with van der Waals surface area (Å²) >= 11 is 0. The van der Waals surface area contributed by atoms with E-state index in [4.69, 9.17) is 0 Å². The third kappa shape index (κ3) is 5.34. The molecule has 0 bridgehead atoms. The highest BCUT2D eigenvalue weighted by Crippen LogP contribution is 2.22. The van der Waals surface area contributed by atoms with Crippen LogP contribution in [0.15, 0.2) is 54.7 Å². The zero-order chi connectivity index (χ0) is 21.7. The number of nitrogens with one attached hydrogen (secondary N) is 3. The van der Waals surface area contributed by atoms with E-state index in [2.05, 4.69) is 20.4 Å². The number of hydrogen-bond donors (Lipinski definition) is 3. The fourth-order valence-corrected chi connectivity index (χ4v) is 3.33. The van der Waals surface area contributed by atoms with Crippen molar-refractivity contribution in [2.45, 2.75) is 39.0 Å². The summed E-state index contributed by atoms with van der Waals surface area (Å²) in [5, 5.41) is 6.50. The largest absolute Gasteiger partial charge is 0.435 e. The molecule has 0 aliphatic heterocycles. The van der Waals surface area contributed by atoms with Crippen LogP contribution in [0.4, 0.5) is 8.78 Å². The topological polar surface area (TPSA) is 83.2 Å². The summed E-state index contributed by atoms with van der Waals surface area (Å²) in [5.74, 6) is -0.682. The van der Waals surface area contributed by atoms with Gasteiger partial charge in [0.25, 0.3) is 0 Å². The van der Waals surface area contributed by atoms with E-state index in [-0.39, 0.29) is 17.6 Å². The van der Waals surface area contributed by atoms with Crippen molar-refractivity contribution in [1.29, 1.82) is 0 Å². The van der Waals surface area contributed by atoms with Crippen LogP contribution in [0.1, 0.15) is 31.0 Å². The number of carbonyl (C=O) groups excluding carboxylic acids is 2. The summed E-state index contributed by atoms with van der Waals surface area (Å²) in [5.41, 5.74) is 2.45. The van der Waals surface area contributed by atoms with Crippen molar-refractivity contribution in [2.24, 2.45) is 0 Å². The van der Waals surface area contributed by atoms with Gasteiger partial charge < -0.3 is 20.4 Å². The van der Waals surface area contributed by atoms with Crippen molar-refractivity contribution < 1.29 is 23.1 Å². The highest BCUT2D eigenvalue weighted by molar-refractivity contribution is 5.89.